The molecule has 46 heavy (non-hydrogen) atoms. The zero-order valence-corrected chi connectivity index (χ0v) is 26.4. The summed E-state index contributed by atoms with van der Waals surface area (Å²) in [6.07, 6.45) is 2.34. The van der Waals surface area contributed by atoms with Gasteiger partial charge in [0.2, 0.25) is 0 Å². The van der Waals surface area contributed by atoms with Gasteiger partial charge in [0.1, 0.15) is 0 Å². The maximum Gasteiger partial charge on any atom is 0.273 e. The highest BCUT2D eigenvalue weighted by Crippen LogP contribution is 2.31. The van der Waals surface area contributed by atoms with Gasteiger partial charge in [-0.15, -0.1) is 0 Å². The molecule has 0 radical (unpaired) electrons. The van der Waals surface area contributed by atoms with Crippen LogP contribution < -0.4 is 21.3 Å². The van der Waals surface area contributed by atoms with Crippen LogP contribution in [0, 0.1) is 11.6 Å². The maximum atomic E-state index is 14.9. The van der Waals surface area contributed by atoms with Gasteiger partial charge >= 0.3 is 0 Å². The van der Waals surface area contributed by atoms with Gasteiger partial charge in [-0.2, -0.15) is 0 Å². The predicted molar refractivity (Wildman–Crippen MR) is 173 cm³/mol. The molecular formula is C32H39ClF2N8O3. The van der Waals surface area contributed by atoms with Crippen LogP contribution >= 0.6 is 11.6 Å². The highest BCUT2D eigenvalue weighted by molar-refractivity contribution is 6.32. The fourth-order valence-corrected chi connectivity index (χ4v) is 6.45. The number of hydrogen-bond donors (Lipinski definition) is 4. The third-order valence-electron chi connectivity index (χ3n) is 8.63. The maximum absolute atomic E-state index is 14.9. The molecule has 2 fully saturated rings. The Bertz CT molecular complexity index is 1540. The lowest BCUT2D eigenvalue weighted by Gasteiger charge is -2.47. The molecule has 2 saturated heterocycles. The molecular weight excluding hydrogens is 618 g/mol. The van der Waals surface area contributed by atoms with Gasteiger partial charge < -0.3 is 31.3 Å². The van der Waals surface area contributed by atoms with Gasteiger partial charge in [0, 0.05) is 57.9 Å². The molecule has 246 valence electrons. The fourth-order valence-electron chi connectivity index (χ4n) is 6.20. The first-order chi connectivity index (χ1) is 22.2. The molecule has 2 aliphatic rings. The van der Waals surface area contributed by atoms with E-state index >= 15 is 0 Å². The Hall–Kier alpha value is -4.07. The first-order valence-corrected chi connectivity index (χ1v) is 15.9. The number of aliphatic hydroxyl groups excluding tert-OH is 1. The van der Waals surface area contributed by atoms with Gasteiger partial charge in [-0.05, 0) is 37.0 Å². The lowest BCUT2D eigenvalue weighted by molar-refractivity contribution is 0.0491. The van der Waals surface area contributed by atoms with E-state index in [1.54, 1.807) is 4.90 Å². The number of aliphatic hydroxyl groups is 1. The number of hydrogen-bond acceptors (Lipinski definition) is 9. The van der Waals surface area contributed by atoms with E-state index in [0.717, 1.165) is 37.4 Å². The number of nitrogen functional groups attached to an aromatic ring is 1. The second-order valence-electron chi connectivity index (χ2n) is 11.4. The Kier molecular flexibility index (Phi) is 10.9. The zero-order valence-electron chi connectivity index (χ0n) is 25.7. The van der Waals surface area contributed by atoms with Crippen molar-refractivity contribution in [2.45, 2.75) is 44.8 Å². The van der Waals surface area contributed by atoms with Crippen LogP contribution in [0.5, 0.6) is 0 Å². The predicted octanol–water partition coefficient (Wildman–Crippen LogP) is 3.53. The molecule has 14 heteroatoms. The van der Waals surface area contributed by atoms with E-state index in [-0.39, 0.29) is 65.6 Å². The SMILES string of the molecule is CC[C@H]1CN(c2nc(N)c(C(=O)NCCO)nc2Cl)CCN1C1CCN(C(=O)c2ccc(F)c(F)c2NCc2ccccc2)CC1. The van der Waals surface area contributed by atoms with Crippen molar-refractivity contribution in [1.29, 1.82) is 0 Å². The van der Waals surface area contributed by atoms with Crippen molar-refractivity contribution in [3.63, 3.8) is 0 Å². The highest BCUT2D eigenvalue weighted by atomic mass is 35.5. The molecule has 2 aliphatic heterocycles. The number of piperidine rings is 1. The molecule has 1 atom stereocenters. The van der Waals surface area contributed by atoms with Crippen LogP contribution in [-0.4, -0.2) is 94.6 Å². The molecule has 2 aromatic carbocycles. The van der Waals surface area contributed by atoms with Crippen molar-refractivity contribution in [3.05, 3.63) is 76.1 Å². The fraction of sp³-hybridized carbons (Fsp3) is 0.438. The minimum Gasteiger partial charge on any atom is -0.395 e. The summed E-state index contributed by atoms with van der Waals surface area (Å²) in [5.74, 6) is -2.58. The van der Waals surface area contributed by atoms with E-state index in [2.05, 4.69) is 32.4 Å². The van der Waals surface area contributed by atoms with Crippen LogP contribution in [-0.2, 0) is 6.54 Å². The molecule has 5 N–H and O–H groups in total. The van der Waals surface area contributed by atoms with Crippen LogP contribution in [0.3, 0.4) is 0 Å². The minimum atomic E-state index is -1.06. The molecule has 3 heterocycles. The van der Waals surface area contributed by atoms with Gasteiger partial charge in [0.25, 0.3) is 11.8 Å². The zero-order chi connectivity index (χ0) is 32.8. The number of benzene rings is 2. The number of amides is 2. The Balaban J connectivity index is 1.21. The topological polar surface area (TPSA) is 140 Å². The number of halogens is 3. The van der Waals surface area contributed by atoms with Gasteiger partial charge in [-0.3, -0.25) is 14.5 Å². The van der Waals surface area contributed by atoms with Crippen molar-refractivity contribution in [2.24, 2.45) is 0 Å². The van der Waals surface area contributed by atoms with E-state index in [9.17, 15) is 18.4 Å². The molecule has 2 amide bonds. The number of piperazine rings is 1. The minimum absolute atomic E-state index is 0.0400. The standard InChI is InChI=1S/C32H39ClF2N8O3/c1-2-21-19-42(30-28(33)39-27(29(36)40-30)31(45)37-12-17-44)15-16-43(21)22-10-13-41(14-11-22)32(46)23-8-9-24(34)25(35)26(23)38-18-20-6-4-3-5-7-20/h3-9,21-22,38,44H,2,10-19H2,1H3,(H2,36,40)(H,37,45)/t21-/m0/s1. The monoisotopic (exact) mass is 656 g/mol. The Morgan fingerprint density at radius 3 is 2.50 bits per heavy atom. The molecule has 0 unspecified atom stereocenters. The van der Waals surface area contributed by atoms with Gasteiger partial charge in [0.05, 0.1) is 17.9 Å². The van der Waals surface area contributed by atoms with Crippen LogP contribution in [0.1, 0.15) is 52.6 Å². The lowest BCUT2D eigenvalue weighted by atomic mass is 9.97. The number of nitrogens with one attached hydrogen (secondary N) is 2. The highest BCUT2D eigenvalue weighted by Gasteiger charge is 2.36. The van der Waals surface area contributed by atoms with Crippen LogP contribution in [0.15, 0.2) is 42.5 Å². The molecule has 0 spiro atoms. The summed E-state index contributed by atoms with van der Waals surface area (Å²) >= 11 is 6.47. The molecule has 0 bridgehead atoms. The number of aromatic nitrogens is 2. The summed E-state index contributed by atoms with van der Waals surface area (Å²) in [5, 5.41) is 14.5. The Morgan fingerprint density at radius 1 is 1.07 bits per heavy atom. The summed E-state index contributed by atoms with van der Waals surface area (Å²) in [4.78, 5) is 40.7. The number of nitrogens with zero attached hydrogens (tertiary/aromatic N) is 5. The number of likely N-dealkylation sites (tertiary alicyclic amines) is 1. The quantitative estimate of drug-likeness (QED) is 0.258. The van der Waals surface area contributed by atoms with Gasteiger partial charge in [0.15, 0.2) is 34.1 Å². The number of nitrogens with two attached hydrogens (primary N) is 1. The van der Waals surface area contributed by atoms with Crippen LogP contribution in [0.4, 0.5) is 26.1 Å². The summed E-state index contributed by atoms with van der Waals surface area (Å²) < 4.78 is 29.1. The lowest BCUT2D eigenvalue weighted by Crippen LogP contribution is -2.58. The first kappa shape index (κ1) is 33.3. The molecule has 1 aromatic heterocycles. The van der Waals surface area contributed by atoms with Crippen LogP contribution in [0.2, 0.25) is 5.15 Å². The van der Waals surface area contributed by atoms with Crippen molar-refractivity contribution in [2.75, 3.05) is 61.8 Å². The average molecular weight is 657 g/mol. The number of rotatable bonds is 10. The third kappa shape index (κ3) is 7.32. The second kappa shape index (κ2) is 15.0. The third-order valence-corrected chi connectivity index (χ3v) is 8.89. The Morgan fingerprint density at radius 2 is 1.80 bits per heavy atom. The molecule has 11 nitrogen and oxygen atoms in total. The molecule has 5 rings (SSSR count). The van der Waals surface area contributed by atoms with Crippen molar-refractivity contribution in [1.82, 2.24) is 25.1 Å². The molecule has 0 saturated carbocycles. The van der Waals surface area contributed by atoms with E-state index in [4.69, 9.17) is 22.4 Å². The van der Waals surface area contributed by atoms with E-state index in [1.807, 2.05) is 35.2 Å². The number of carbonyl (C=O) groups is 2. The first-order valence-electron chi connectivity index (χ1n) is 15.5. The smallest absolute Gasteiger partial charge is 0.273 e. The Labute approximate surface area is 271 Å². The summed E-state index contributed by atoms with van der Waals surface area (Å²) in [6, 6.07) is 12.1. The number of anilines is 3. The van der Waals surface area contributed by atoms with Gasteiger partial charge in [-0.25, -0.2) is 18.7 Å². The average Bonchev–Trinajstić information content (AvgIpc) is 3.08. The van der Waals surface area contributed by atoms with Crippen molar-refractivity contribution >= 4 is 40.7 Å². The second-order valence-corrected chi connectivity index (χ2v) is 11.8. The number of carbonyl (C=O) groups excluding carboxylic acids is 2. The van der Waals surface area contributed by atoms with E-state index in [0.29, 0.717) is 32.0 Å². The van der Waals surface area contributed by atoms with E-state index < -0.39 is 17.5 Å². The van der Waals surface area contributed by atoms with Crippen molar-refractivity contribution < 1.29 is 23.5 Å². The van der Waals surface area contributed by atoms with Crippen LogP contribution in [0.25, 0.3) is 0 Å². The normalized spacial score (nSPS) is 17.6. The molecule has 3 aromatic rings. The summed E-state index contributed by atoms with van der Waals surface area (Å²) in [7, 11) is 0. The largest absolute Gasteiger partial charge is 0.395 e. The van der Waals surface area contributed by atoms with E-state index in [1.165, 1.54) is 6.07 Å². The van der Waals surface area contributed by atoms with Gasteiger partial charge in [-0.1, -0.05) is 48.9 Å². The molecule has 0 aliphatic carbocycles. The van der Waals surface area contributed by atoms with Crippen molar-refractivity contribution in [3.8, 4) is 0 Å². The summed E-state index contributed by atoms with van der Waals surface area (Å²) in [5.41, 5.74) is 6.84. The summed E-state index contributed by atoms with van der Waals surface area (Å²) in [6.45, 7) is 5.16.